The highest BCUT2D eigenvalue weighted by Gasteiger charge is 2.34. The van der Waals surface area contributed by atoms with Crippen LogP contribution in [0.3, 0.4) is 0 Å². The van der Waals surface area contributed by atoms with Gasteiger partial charge in [0.15, 0.2) is 0 Å². The smallest absolute Gasteiger partial charge is 0.407 e. The predicted octanol–water partition coefficient (Wildman–Crippen LogP) is 4.67. The number of carboxylic acids is 1. The predicted molar refractivity (Wildman–Crippen MR) is 131 cm³/mol. The minimum Gasteiger partial charge on any atom is -0.477 e. The first-order chi connectivity index (χ1) is 16.6. The van der Waals surface area contributed by atoms with E-state index in [2.05, 4.69) is 27.8 Å². The third-order valence-corrected chi connectivity index (χ3v) is 5.98. The number of alkyl carbamates (subject to hydrolysis) is 1. The monoisotopic (exact) mass is 473 g/mol. The van der Waals surface area contributed by atoms with E-state index in [4.69, 9.17) is 9.84 Å². The Bertz CT molecular complexity index is 1220. The molecule has 35 heavy (non-hydrogen) atoms. The van der Waals surface area contributed by atoms with Crippen molar-refractivity contribution in [3.05, 3.63) is 83.7 Å². The van der Waals surface area contributed by atoms with E-state index in [9.17, 15) is 14.4 Å². The maximum absolute atomic E-state index is 13.0. The van der Waals surface area contributed by atoms with E-state index in [-0.39, 0.29) is 18.2 Å². The van der Waals surface area contributed by atoms with E-state index in [1.54, 1.807) is 0 Å². The number of carboxylic acid groups (broad SMARTS) is 1. The lowest BCUT2D eigenvalue weighted by atomic mass is 9.86. The maximum Gasteiger partial charge on any atom is 0.407 e. The fourth-order valence-corrected chi connectivity index (χ4v) is 4.24. The van der Waals surface area contributed by atoms with Crippen molar-refractivity contribution in [2.24, 2.45) is 5.41 Å². The number of nitrogens with zero attached hydrogens (tertiary/aromatic N) is 1. The number of benzene rings is 2. The Labute approximate surface area is 203 Å². The van der Waals surface area contributed by atoms with E-state index in [0.717, 1.165) is 22.3 Å². The highest BCUT2D eigenvalue weighted by Crippen LogP contribution is 2.44. The second-order valence-corrected chi connectivity index (χ2v) is 9.50. The Morgan fingerprint density at radius 1 is 0.971 bits per heavy atom. The van der Waals surface area contributed by atoms with Gasteiger partial charge in [-0.2, -0.15) is 0 Å². The molecule has 0 fully saturated rings. The standard InChI is InChI=1S/C27H27N3O5/c1-27(2,3)23(24(31)29-16-12-13-22(25(32)33)28-14-16)30-26(34)35-15-21-19-10-6-4-8-17(19)18-9-5-7-11-20(18)21/h4-14,21,23H,15H2,1-3H3,(H,29,31)(H,30,34)(H,32,33). The molecular weight excluding hydrogens is 446 g/mol. The fourth-order valence-electron chi connectivity index (χ4n) is 4.24. The van der Waals surface area contributed by atoms with Crippen LogP contribution >= 0.6 is 0 Å². The SMILES string of the molecule is CC(C)(C)C(NC(=O)OCC1c2ccccc2-c2ccccc21)C(=O)Nc1ccc(C(=O)O)nc1. The zero-order valence-corrected chi connectivity index (χ0v) is 19.7. The number of pyridine rings is 1. The van der Waals surface area contributed by atoms with Crippen LogP contribution < -0.4 is 10.6 Å². The molecule has 0 aliphatic heterocycles. The van der Waals surface area contributed by atoms with E-state index in [0.29, 0.717) is 5.69 Å². The van der Waals surface area contributed by atoms with Crippen LogP contribution in [0.4, 0.5) is 10.5 Å². The molecule has 180 valence electrons. The highest BCUT2D eigenvalue weighted by molar-refractivity contribution is 5.97. The Kier molecular flexibility index (Phi) is 6.55. The Morgan fingerprint density at radius 3 is 2.09 bits per heavy atom. The van der Waals surface area contributed by atoms with E-state index in [1.165, 1.54) is 18.3 Å². The van der Waals surface area contributed by atoms with Gasteiger partial charge in [-0.3, -0.25) is 4.79 Å². The number of fused-ring (bicyclic) bond motifs is 3. The van der Waals surface area contributed by atoms with Crippen LogP contribution in [0.5, 0.6) is 0 Å². The largest absolute Gasteiger partial charge is 0.477 e. The number of amides is 2. The molecule has 8 nitrogen and oxygen atoms in total. The number of hydrogen-bond donors (Lipinski definition) is 3. The van der Waals surface area contributed by atoms with Crippen LogP contribution in [0, 0.1) is 5.41 Å². The van der Waals surface area contributed by atoms with E-state index >= 15 is 0 Å². The van der Waals surface area contributed by atoms with Crippen LogP contribution in [-0.2, 0) is 9.53 Å². The average Bonchev–Trinajstić information content (AvgIpc) is 3.14. The van der Waals surface area contributed by atoms with Crippen molar-refractivity contribution in [1.29, 1.82) is 0 Å². The van der Waals surface area contributed by atoms with E-state index in [1.807, 2.05) is 57.2 Å². The minimum absolute atomic E-state index is 0.0890. The van der Waals surface area contributed by atoms with Gasteiger partial charge in [-0.1, -0.05) is 69.3 Å². The first-order valence-corrected chi connectivity index (χ1v) is 11.3. The van der Waals surface area contributed by atoms with Crippen LogP contribution in [0.25, 0.3) is 11.1 Å². The van der Waals surface area contributed by atoms with Gasteiger partial charge >= 0.3 is 12.1 Å². The zero-order chi connectivity index (χ0) is 25.2. The van der Waals surface area contributed by atoms with Crippen LogP contribution in [0.1, 0.15) is 48.3 Å². The van der Waals surface area contributed by atoms with Crippen molar-refractivity contribution in [1.82, 2.24) is 10.3 Å². The summed E-state index contributed by atoms with van der Waals surface area (Å²) in [6, 6.07) is 17.9. The van der Waals surface area contributed by atoms with Crippen LogP contribution in [-0.4, -0.2) is 40.7 Å². The molecule has 2 aromatic carbocycles. The number of anilines is 1. The minimum atomic E-state index is -1.16. The molecule has 0 saturated heterocycles. The fraction of sp³-hybridized carbons (Fsp3) is 0.259. The lowest BCUT2D eigenvalue weighted by Gasteiger charge is -2.30. The van der Waals surface area contributed by atoms with Gasteiger partial charge in [0, 0.05) is 5.92 Å². The second-order valence-electron chi connectivity index (χ2n) is 9.50. The molecule has 8 heteroatoms. The summed E-state index contributed by atoms with van der Waals surface area (Å²) < 4.78 is 5.60. The molecule has 4 rings (SSSR count). The lowest BCUT2D eigenvalue weighted by molar-refractivity contribution is -0.120. The topological polar surface area (TPSA) is 118 Å². The zero-order valence-electron chi connectivity index (χ0n) is 19.7. The van der Waals surface area contributed by atoms with Gasteiger partial charge in [-0.25, -0.2) is 14.6 Å². The molecule has 0 bridgehead atoms. The summed E-state index contributed by atoms with van der Waals surface area (Å²) >= 11 is 0. The molecule has 1 heterocycles. The summed E-state index contributed by atoms with van der Waals surface area (Å²) in [5.74, 6) is -1.71. The summed E-state index contributed by atoms with van der Waals surface area (Å²) in [6.07, 6.45) is 0.565. The third kappa shape index (κ3) is 5.16. The molecule has 3 N–H and O–H groups in total. The number of rotatable bonds is 6. The summed E-state index contributed by atoms with van der Waals surface area (Å²) in [4.78, 5) is 40.5. The van der Waals surface area contributed by atoms with Gasteiger partial charge in [0.25, 0.3) is 0 Å². The normalized spacial score (nSPS) is 13.3. The van der Waals surface area contributed by atoms with Crippen molar-refractivity contribution in [3.8, 4) is 11.1 Å². The van der Waals surface area contributed by atoms with Crippen molar-refractivity contribution in [2.45, 2.75) is 32.7 Å². The first kappa shape index (κ1) is 23.9. The van der Waals surface area contributed by atoms with Crippen LogP contribution in [0.2, 0.25) is 0 Å². The van der Waals surface area contributed by atoms with Crippen molar-refractivity contribution in [2.75, 3.05) is 11.9 Å². The summed E-state index contributed by atoms with van der Waals surface area (Å²) in [5.41, 5.74) is 4.03. The Morgan fingerprint density at radius 2 is 1.57 bits per heavy atom. The molecule has 3 aromatic rings. The molecule has 1 unspecified atom stereocenters. The molecule has 1 aliphatic rings. The van der Waals surface area contributed by atoms with Gasteiger partial charge in [0.2, 0.25) is 5.91 Å². The molecule has 0 spiro atoms. The summed E-state index contributed by atoms with van der Waals surface area (Å²) in [6.45, 7) is 5.62. The number of aromatic carboxylic acids is 1. The van der Waals surface area contributed by atoms with Gasteiger partial charge in [-0.05, 0) is 39.8 Å². The molecule has 1 atom stereocenters. The van der Waals surface area contributed by atoms with E-state index < -0.39 is 29.4 Å². The molecule has 1 aliphatic carbocycles. The molecular formula is C27H27N3O5. The number of ether oxygens (including phenoxy) is 1. The molecule has 0 radical (unpaired) electrons. The lowest BCUT2D eigenvalue weighted by Crippen LogP contribution is -2.51. The van der Waals surface area contributed by atoms with Gasteiger partial charge < -0.3 is 20.5 Å². The molecule has 0 saturated carbocycles. The molecule has 1 aromatic heterocycles. The second kappa shape index (κ2) is 9.58. The Balaban J connectivity index is 1.43. The summed E-state index contributed by atoms with van der Waals surface area (Å²) in [7, 11) is 0. The number of carbonyl (C=O) groups excluding carboxylic acids is 2. The maximum atomic E-state index is 13.0. The summed E-state index contributed by atoms with van der Waals surface area (Å²) in [5, 5.41) is 14.3. The van der Waals surface area contributed by atoms with Gasteiger partial charge in [-0.15, -0.1) is 0 Å². The number of hydrogen-bond acceptors (Lipinski definition) is 5. The van der Waals surface area contributed by atoms with Crippen LogP contribution in [0.15, 0.2) is 66.9 Å². The molecule has 2 amide bonds. The highest BCUT2D eigenvalue weighted by atomic mass is 16.5. The van der Waals surface area contributed by atoms with Crippen molar-refractivity contribution in [3.63, 3.8) is 0 Å². The quantitative estimate of drug-likeness (QED) is 0.479. The first-order valence-electron chi connectivity index (χ1n) is 11.3. The number of carbonyl (C=O) groups is 3. The Hall–Kier alpha value is -4.20. The number of nitrogens with one attached hydrogen (secondary N) is 2. The van der Waals surface area contributed by atoms with Crippen molar-refractivity contribution < 1.29 is 24.2 Å². The van der Waals surface area contributed by atoms with Crippen molar-refractivity contribution >= 4 is 23.7 Å². The van der Waals surface area contributed by atoms with Gasteiger partial charge in [0.1, 0.15) is 18.3 Å². The number of aromatic nitrogens is 1. The van der Waals surface area contributed by atoms with Gasteiger partial charge in [0.05, 0.1) is 11.9 Å². The third-order valence-electron chi connectivity index (χ3n) is 5.98. The average molecular weight is 474 g/mol.